The fourth-order valence-corrected chi connectivity index (χ4v) is 5.77. The van der Waals surface area contributed by atoms with Gasteiger partial charge in [0.05, 0.1) is 16.6 Å². The van der Waals surface area contributed by atoms with Crippen LogP contribution in [0.4, 0.5) is 5.69 Å². The molecule has 0 saturated carbocycles. The molecule has 4 aromatic rings. The van der Waals surface area contributed by atoms with Gasteiger partial charge in [0.1, 0.15) is 5.58 Å². The summed E-state index contributed by atoms with van der Waals surface area (Å²) in [5.74, 6) is -1.05. The topological polar surface area (TPSA) is 70.8 Å². The van der Waals surface area contributed by atoms with Crippen molar-refractivity contribution in [2.45, 2.75) is 25.9 Å². The summed E-state index contributed by atoms with van der Waals surface area (Å²) in [4.78, 5) is 45.8. The molecular weight excluding hydrogens is 488 g/mol. The van der Waals surface area contributed by atoms with Gasteiger partial charge in [-0.25, -0.2) is 0 Å². The van der Waals surface area contributed by atoms with E-state index in [9.17, 15) is 14.4 Å². The molecule has 0 radical (unpaired) electrons. The van der Waals surface area contributed by atoms with Gasteiger partial charge < -0.3 is 14.2 Å². The number of hydrogen-bond donors (Lipinski definition) is 0. The predicted molar refractivity (Wildman–Crippen MR) is 143 cm³/mol. The van der Waals surface area contributed by atoms with Crippen LogP contribution in [0.25, 0.3) is 11.0 Å². The number of benzene rings is 3. The third-order valence-electron chi connectivity index (χ3n) is 7.45. The number of halogens is 1. The van der Waals surface area contributed by atoms with Crippen molar-refractivity contribution in [2.24, 2.45) is 0 Å². The number of fused-ring (bicyclic) bond motifs is 5. The Labute approximate surface area is 218 Å². The van der Waals surface area contributed by atoms with Gasteiger partial charge in [0.15, 0.2) is 11.0 Å². The highest BCUT2D eigenvalue weighted by Crippen LogP contribution is 2.53. The zero-order valence-electron chi connectivity index (χ0n) is 20.4. The maximum absolute atomic E-state index is 14.5. The summed E-state index contributed by atoms with van der Waals surface area (Å²) in [5, 5.41) is 0.792. The second-order valence-corrected chi connectivity index (χ2v) is 9.89. The lowest BCUT2D eigenvalue weighted by Gasteiger charge is -2.34. The first kappa shape index (κ1) is 23.3. The third kappa shape index (κ3) is 3.02. The summed E-state index contributed by atoms with van der Waals surface area (Å²) in [6.45, 7) is 7.87. The van der Waals surface area contributed by atoms with Crippen molar-refractivity contribution in [2.75, 3.05) is 11.4 Å². The number of para-hydroxylation sites is 1. The summed E-state index contributed by atoms with van der Waals surface area (Å²) in [6, 6.07) is 17.9. The van der Waals surface area contributed by atoms with Crippen molar-refractivity contribution in [1.82, 2.24) is 4.90 Å². The predicted octanol–water partition coefficient (Wildman–Crippen LogP) is 5.50. The Balaban J connectivity index is 1.73. The monoisotopic (exact) mass is 510 g/mol. The van der Waals surface area contributed by atoms with E-state index in [2.05, 4.69) is 6.58 Å². The summed E-state index contributed by atoms with van der Waals surface area (Å²) in [6.07, 6.45) is 1.62. The molecule has 1 unspecified atom stereocenters. The number of carbonyl (C=O) groups is 2. The van der Waals surface area contributed by atoms with E-state index in [4.69, 9.17) is 16.0 Å². The smallest absolute Gasteiger partial charge is 0.291 e. The quantitative estimate of drug-likeness (QED) is 0.340. The van der Waals surface area contributed by atoms with E-state index in [0.29, 0.717) is 32.8 Å². The normalized spacial score (nSPS) is 18.1. The van der Waals surface area contributed by atoms with E-state index in [1.165, 1.54) is 4.90 Å². The molecule has 6 rings (SSSR count). The summed E-state index contributed by atoms with van der Waals surface area (Å²) in [7, 11) is 0. The van der Waals surface area contributed by atoms with Crippen molar-refractivity contribution < 1.29 is 14.0 Å². The molecule has 2 aliphatic heterocycles. The van der Waals surface area contributed by atoms with Gasteiger partial charge in [0.25, 0.3) is 11.8 Å². The number of nitrogens with zero attached hydrogens (tertiary/aromatic N) is 2. The highest BCUT2D eigenvalue weighted by atomic mass is 35.5. The molecule has 0 bridgehead atoms. The zero-order valence-corrected chi connectivity index (χ0v) is 21.1. The summed E-state index contributed by atoms with van der Waals surface area (Å²) >= 11 is 6.49. The molecule has 2 amide bonds. The molecular formula is C30H23ClN2O4. The molecule has 1 atom stereocenters. The maximum atomic E-state index is 14.5. The van der Waals surface area contributed by atoms with Gasteiger partial charge in [-0.1, -0.05) is 54.1 Å². The maximum Gasteiger partial charge on any atom is 0.291 e. The van der Waals surface area contributed by atoms with Crippen molar-refractivity contribution in [3.05, 3.63) is 122 Å². The van der Waals surface area contributed by atoms with Gasteiger partial charge in [0, 0.05) is 23.7 Å². The highest BCUT2D eigenvalue weighted by Gasteiger charge is 2.64. The van der Waals surface area contributed by atoms with Crippen LogP contribution in [0.5, 0.6) is 0 Å². The number of rotatable bonds is 4. The fraction of sp³-hybridized carbons (Fsp3) is 0.167. The van der Waals surface area contributed by atoms with Crippen molar-refractivity contribution >= 4 is 40.1 Å². The zero-order chi connectivity index (χ0) is 26.1. The number of amides is 2. The average molecular weight is 511 g/mol. The Morgan fingerprint density at radius 2 is 1.70 bits per heavy atom. The second-order valence-electron chi connectivity index (χ2n) is 9.48. The van der Waals surface area contributed by atoms with Crippen LogP contribution in [-0.4, -0.2) is 23.3 Å². The van der Waals surface area contributed by atoms with Gasteiger partial charge in [0.2, 0.25) is 5.76 Å². The van der Waals surface area contributed by atoms with Gasteiger partial charge in [-0.3, -0.25) is 14.4 Å². The van der Waals surface area contributed by atoms with E-state index < -0.39 is 22.8 Å². The van der Waals surface area contributed by atoms with Gasteiger partial charge >= 0.3 is 0 Å². The molecule has 3 heterocycles. The Hall–Kier alpha value is -4.16. The molecule has 37 heavy (non-hydrogen) atoms. The van der Waals surface area contributed by atoms with Gasteiger partial charge in [-0.15, -0.1) is 6.58 Å². The average Bonchev–Trinajstić information content (AvgIpc) is 3.27. The van der Waals surface area contributed by atoms with Crippen LogP contribution in [0, 0.1) is 13.8 Å². The van der Waals surface area contributed by atoms with E-state index >= 15 is 0 Å². The van der Waals surface area contributed by atoms with E-state index in [0.717, 1.165) is 11.1 Å². The van der Waals surface area contributed by atoms with Crippen LogP contribution in [0.15, 0.2) is 82.5 Å². The largest absolute Gasteiger partial charge is 0.450 e. The molecule has 3 aromatic carbocycles. The summed E-state index contributed by atoms with van der Waals surface area (Å²) < 4.78 is 6.16. The number of aryl methyl sites for hydroxylation is 2. The molecule has 0 fully saturated rings. The number of hydrogen-bond acceptors (Lipinski definition) is 4. The molecule has 0 N–H and O–H groups in total. The lowest BCUT2D eigenvalue weighted by molar-refractivity contribution is -0.126. The second kappa shape index (κ2) is 8.18. The molecule has 6 nitrogen and oxygen atoms in total. The van der Waals surface area contributed by atoms with Crippen LogP contribution in [0.1, 0.15) is 38.4 Å². The Bertz CT molecular complexity index is 1720. The summed E-state index contributed by atoms with van der Waals surface area (Å²) in [5.41, 5.74) is 1.95. The molecule has 0 saturated heterocycles. The Morgan fingerprint density at radius 1 is 1.00 bits per heavy atom. The highest BCUT2D eigenvalue weighted by molar-refractivity contribution is 6.31. The van der Waals surface area contributed by atoms with E-state index in [-0.39, 0.29) is 24.4 Å². The minimum Gasteiger partial charge on any atom is -0.450 e. The lowest BCUT2D eigenvalue weighted by atomic mass is 9.83. The van der Waals surface area contributed by atoms with Crippen molar-refractivity contribution in [3.8, 4) is 0 Å². The van der Waals surface area contributed by atoms with E-state index in [1.54, 1.807) is 53.4 Å². The molecule has 0 aliphatic carbocycles. The van der Waals surface area contributed by atoms with Crippen molar-refractivity contribution in [1.29, 1.82) is 0 Å². The van der Waals surface area contributed by atoms with Crippen LogP contribution in [0.2, 0.25) is 5.02 Å². The Kier molecular flexibility index (Phi) is 5.14. The fourth-order valence-electron chi connectivity index (χ4n) is 5.57. The SMILES string of the molecule is C=CCN1C(=O)C2(c3ccccc31)c1c(oc3cc(C)c(C)cc3c1=O)C(=O)N2Cc1ccccc1Cl. The first-order chi connectivity index (χ1) is 17.8. The number of carbonyl (C=O) groups excluding carboxylic acids is 2. The first-order valence-corrected chi connectivity index (χ1v) is 12.3. The van der Waals surface area contributed by atoms with Gasteiger partial charge in [-0.05, 0) is 54.8 Å². The van der Waals surface area contributed by atoms with Crippen LogP contribution in [0.3, 0.4) is 0 Å². The molecule has 7 heteroatoms. The molecule has 1 aromatic heterocycles. The standard InChI is InChI=1S/C30H23ClN2O4/c1-4-13-32-23-12-8-6-10-21(23)30(29(32)36)25-26(34)20-14-17(2)18(3)15-24(20)37-27(25)28(35)33(30)16-19-9-5-7-11-22(19)31/h4-12,14-15H,1,13,16H2,2-3H3. The number of anilines is 1. The van der Waals surface area contributed by atoms with E-state index in [1.807, 2.05) is 32.0 Å². The van der Waals surface area contributed by atoms with Gasteiger partial charge in [-0.2, -0.15) is 0 Å². The van der Waals surface area contributed by atoms with Crippen molar-refractivity contribution in [3.63, 3.8) is 0 Å². The first-order valence-electron chi connectivity index (χ1n) is 12.0. The Morgan fingerprint density at radius 3 is 2.46 bits per heavy atom. The minimum absolute atomic E-state index is 0.0125. The molecule has 2 aliphatic rings. The van der Waals surface area contributed by atoms with Crippen LogP contribution >= 0.6 is 11.6 Å². The molecule has 1 spiro atoms. The minimum atomic E-state index is -1.70. The van der Waals surface area contributed by atoms with Crippen LogP contribution < -0.4 is 10.3 Å². The lowest BCUT2D eigenvalue weighted by Crippen LogP contribution is -2.53. The molecule has 184 valence electrons. The van der Waals surface area contributed by atoms with Crippen LogP contribution in [-0.2, 0) is 16.9 Å². The third-order valence-corrected chi connectivity index (χ3v) is 7.82.